The molecule has 1 aromatic carbocycles. The zero-order valence-corrected chi connectivity index (χ0v) is 17.2. The topological polar surface area (TPSA) is 72.8 Å². The van der Waals surface area contributed by atoms with Crippen LogP contribution in [0.2, 0.25) is 0 Å². The first-order valence-electron chi connectivity index (χ1n) is 10.3. The van der Waals surface area contributed by atoms with Crippen molar-refractivity contribution in [2.24, 2.45) is 5.92 Å². The number of Topliss-reactive ketones (excluding diaryl/α,β-unsaturated/α-hetero) is 1. The van der Waals surface area contributed by atoms with E-state index in [1.807, 2.05) is 26.8 Å². The molecule has 2 atom stereocenters. The average Bonchev–Trinajstić information content (AvgIpc) is 2.70. The minimum atomic E-state index is -1.71. The number of carbonyl (C=O) groups excluding carboxylic acids is 2. The predicted molar refractivity (Wildman–Crippen MR) is 105 cm³/mol. The summed E-state index contributed by atoms with van der Waals surface area (Å²) in [6.45, 7) is 8.81. The fraction of sp³-hybridized carbons (Fsp3) is 0.636. The Morgan fingerprint density at radius 3 is 2.57 bits per heavy atom. The van der Waals surface area contributed by atoms with Gasteiger partial charge in [-0.3, -0.25) is 9.63 Å². The molecule has 1 N–H and O–H groups in total. The molecule has 0 radical (unpaired) electrons. The van der Waals surface area contributed by atoms with Gasteiger partial charge in [-0.05, 0) is 50.8 Å². The van der Waals surface area contributed by atoms with Crippen molar-refractivity contribution >= 4 is 11.8 Å². The number of likely N-dealkylation sites (N-methyl/N-ethyl adjacent to an activating group) is 1. The van der Waals surface area contributed by atoms with Crippen LogP contribution in [0.5, 0.6) is 0 Å². The molecule has 2 unspecified atom stereocenters. The summed E-state index contributed by atoms with van der Waals surface area (Å²) >= 11 is 0. The van der Waals surface area contributed by atoms with Gasteiger partial charge in [0.25, 0.3) is 0 Å². The molecular weight excluding hydrogens is 358 g/mol. The number of carbonyl (C=O) groups is 2. The van der Waals surface area contributed by atoms with Crippen molar-refractivity contribution in [3.8, 4) is 0 Å². The van der Waals surface area contributed by atoms with E-state index in [4.69, 9.17) is 9.57 Å². The fourth-order valence-corrected chi connectivity index (χ4v) is 4.28. The van der Waals surface area contributed by atoms with Gasteiger partial charge < -0.3 is 9.84 Å². The van der Waals surface area contributed by atoms with Gasteiger partial charge >= 0.3 is 5.97 Å². The van der Waals surface area contributed by atoms with Gasteiger partial charge in [-0.1, -0.05) is 25.0 Å². The van der Waals surface area contributed by atoms with Crippen LogP contribution in [0.15, 0.2) is 18.2 Å². The van der Waals surface area contributed by atoms with E-state index in [9.17, 15) is 14.7 Å². The Labute approximate surface area is 167 Å². The van der Waals surface area contributed by atoms with E-state index in [0.29, 0.717) is 44.8 Å². The summed E-state index contributed by atoms with van der Waals surface area (Å²) in [5, 5.41) is 11.4. The molecule has 0 spiro atoms. The van der Waals surface area contributed by atoms with Crippen LogP contribution < -0.4 is 0 Å². The van der Waals surface area contributed by atoms with E-state index >= 15 is 0 Å². The number of rotatable bonds is 5. The van der Waals surface area contributed by atoms with Gasteiger partial charge in [0.2, 0.25) is 0 Å². The maximum Gasteiger partial charge on any atom is 0.373 e. The molecule has 3 rings (SSSR count). The lowest BCUT2D eigenvalue weighted by Gasteiger charge is -2.41. The summed E-state index contributed by atoms with van der Waals surface area (Å²) in [5.74, 6) is -1.68. The summed E-state index contributed by atoms with van der Waals surface area (Å²) in [7, 11) is 0. The summed E-state index contributed by atoms with van der Waals surface area (Å²) in [6.07, 6.45) is 2.27. The maximum atomic E-state index is 13.3. The summed E-state index contributed by atoms with van der Waals surface area (Å²) < 4.78 is 5.60. The molecule has 1 heterocycles. The molecular formula is C22H32NO5+. The molecule has 6 nitrogen and oxygen atoms in total. The van der Waals surface area contributed by atoms with Crippen molar-refractivity contribution in [2.75, 3.05) is 32.8 Å². The molecule has 0 aromatic heterocycles. The Morgan fingerprint density at radius 2 is 1.93 bits per heavy atom. The van der Waals surface area contributed by atoms with E-state index in [2.05, 4.69) is 0 Å². The van der Waals surface area contributed by atoms with Gasteiger partial charge in [-0.25, -0.2) is 4.79 Å². The number of ether oxygens (including phenoxy) is 1. The first kappa shape index (κ1) is 21.0. The average molecular weight is 391 g/mol. The van der Waals surface area contributed by atoms with Crippen LogP contribution in [0.25, 0.3) is 0 Å². The number of aryl methyl sites for hydroxylation is 2. The molecule has 1 aliphatic carbocycles. The predicted octanol–water partition coefficient (Wildman–Crippen LogP) is 2.73. The summed E-state index contributed by atoms with van der Waals surface area (Å²) in [5.41, 5.74) is 0.829. The van der Waals surface area contributed by atoms with E-state index in [0.717, 1.165) is 24.0 Å². The van der Waals surface area contributed by atoms with Crippen LogP contribution in [0.1, 0.15) is 54.1 Å². The highest BCUT2D eigenvalue weighted by atomic mass is 16.8. The van der Waals surface area contributed by atoms with Gasteiger partial charge in [0.1, 0.15) is 25.2 Å². The van der Waals surface area contributed by atoms with Gasteiger partial charge in [0.05, 0.1) is 19.1 Å². The van der Waals surface area contributed by atoms with Crippen LogP contribution >= 0.6 is 0 Å². The van der Waals surface area contributed by atoms with Crippen LogP contribution in [-0.2, 0) is 14.4 Å². The highest BCUT2D eigenvalue weighted by molar-refractivity contribution is 6.05. The van der Waals surface area contributed by atoms with Gasteiger partial charge in [-0.15, -0.1) is 4.65 Å². The van der Waals surface area contributed by atoms with E-state index in [1.165, 1.54) is 0 Å². The monoisotopic (exact) mass is 390 g/mol. The largest absolute Gasteiger partial charge is 0.381 e. The number of hydrogen-bond donors (Lipinski definition) is 1. The molecule has 2 aliphatic rings. The highest BCUT2D eigenvalue weighted by Gasteiger charge is 2.52. The van der Waals surface area contributed by atoms with Crippen molar-refractivity contribution in [1.82, 2.24) is 0 Å². The summed E-state index contributed by atoms with van der Waals surface area (Å²) in [6, 6.07) is 5.42. The third kappa shape index (κ3) is 4.00. The molecule has 0 bridgehead atoms. The number of hydrogen-bond acceptors (Lipinski definition) is 5. The molecule has 1 aliphatic heterocycles. The normalized spacial score (nSPS) is 27.2. The second kappa shape index (κ2) is 8.31. The highest BCUT2D eigenvalue weighted by Crippen LogP contribution is 2.38. The Kier molecular flexibility index (Phi) is 6.22. The first-order chi connectivity index (χ1) is 13.3. The quantitative estimate of drug-likeness (QED) is 0.618. The van der Waals surface area contributed by atoms with E-state index in [1.54, 1.807) is 12.1 Å². The van der Waals surface area contributed by atoms with Crippen molar-refractivity contribution in [3.05, 3.63) is 34.9 Å². The molecule has 154 valence electrons. The second-order valence-electron chi connectivity index (χ2n) is 8.20. The van der Waals surface area contributed by atoms with Crippen LogP contribution in [0.3, 0.4) is 0 Å². The van der Waals surface area contributed by atoms with Crippen LogP contribution in [0.4, 0.5) is 0 Å². The zero-order chi connectivity index (χ0) is 20.4. The summed E-state index contributed by atoms with van der Waals surface area (Å²) in [4.78, 5) is 32.3. The van der Waals surface area contributed by atoms with E-state index in [-0.39, 0.29) is 16.9 Å². The number of morpholine rings is 1. The van der Waals surface area contributed by atoms with Crippen molar-refractivity contribution in [1.29, 1.82) is 0 Å². The van der Waals surface area contributed by atoms with Crippen molar-refractivity contribution in [2.45, 2.75) is 52.1 Å². The molecule has 1 aromatic rings. The minimum Gasteiger partial charge on any atom is -0.381 e. The van der Waals surface area contributed by atoms with Crippen molar-refractivity contribution in [3.63, 3.8) is 0 Å². The Bertz CT molecular complexity index is 740. The number of aliphatic hydroxyl groups is 1. The minimum absolute atomic E-state index is 0.198. The number of benzene rings is 1. The second-order valence-corrected chi connectivity index (χ2v) is 8.20. The molecule has 1 saturated carbocycles. The standard InChI is InChI=1S/C22H32NO5/c1-4-23(11-13-27-14-12-23)28-21(25)19-7-5-6-10-22(19,26)20(24)18-9-8-16(2)17(3)15-18/h8-9,15,19,26H,4-7,10-14H2,1-3H3/q+1. The third-order valence-electron chi connectivity index (χ3n) is 6.47. The smallest absolute Gasteiger partial charge is 0.373 e. The lowest BCUT2D eigenvalue weighted by atomic mass is 9.71. The van der Waals surface area contributed by atoms with E-state index < -0.39 is 17.5 Å². The number of ketones is 1. The van der Waals surface area contributed by atoms with Crippen molar-refractivity contribution < 1.29 is 28.9 Å². The molecule has 1 saturated heterocycles. The molecule has 0 amide bonds. The van der Waals surface area contributed by atoms with Gasteiger partial charge in [-0.2, -0.15) is 0 Å². The SMILES string of the molecule is CC[N+]1(OC(=O)C2CCCCC2(O)C(=O)c2ccc(C)c(C)c2)CCOCC1. The van der Waals surface area contributed by atoms with Gasteiger partial charge in [0, 0.05) is 5.56 Å². The number of hydroxylamine groups is 3. The third-order valence-corrected chi connectivity index (χ3v) is 6.47. The fourth-order valence-electron chi connectivity index (χ4n) is 4.28. The lowest BCUT2D eigenvalue weighted by molar-refractivity contribution is -1.09. The van der Waals surface area contributed by atoms with Gasteiger partial charge in [0.15, 0.2) is 5.78 Å². The Hall–Kier alpha value is -1.76. The molecule has 28 heavy (non-hydrogen) atoms. The number of nitrogens with zero attached hydrogens (tertiary/aromatic N) is 1. The Balaban J connectivity index is 1.84. The number of quaternary nitrogens is 1. The van der Waals surface area contributed by atoms with Crippen LogP contribution in [-0.4, -0.2) is 60.0 Å². The molecule has 6 heteroatoms. The maximum absolute atomic E-state index is 13.3. The first-order valence-corrected chi connectivity index (χ1v) is 10.3. The Morgan fingerprint density at radius 1 is 1.21 bits per heavy atom. The zero-order valence-electron chi connectivity index (χ0n) is 17.2. The molecule has 2 fully saturated rings. The lowest BCUT2D eigenvalue weighted by Crippen LogP contribution is -2.59. The van der Waals surface area contributed by atoms with Crippen LogP contribution in [0, 0.1) is 19.8 Å².